The van der Waals surface area contributed by atoms with Gasteiger partial charge in [0.25, 0.3) is 11.7 Å². The van der Waals surface area contributed by atoms with Gasteiger partial charge < -0.3 is 53.7 Å². The van der Waals surface area contributed by atoms with Crippen molar-refractivity contribution in [3.63, 3.8) is 0 Å². The van der Waals surface area contributed by atoms with Crippen molar-refractivity contribution in [2.24, 2.45) is 35.5 Å². The summed E-state index contributed by atoms with van der Waals surface area (Å²) in [5.41, 5.74) is 1.21. The summed E-state index contributed by atoms with van der Waals surface area (Å²) < 4.78 is 35.6. The molecular formula is C55H87NO15. The third-order valence-corrected chi connectivity index (χ3v) is 15.2. The van der Waals surface area contributed by atoms with Crippen LogP contribution >= 0.6 is 0 Å². The van der Waals surface area contributed by atoms with Crippen molar-refractivity contribution in [1.82, 2.24) is 4.90 Å². The van der Waals surface area contributed by atoms with Crippen LogP contribution in [-0.4, -0.2) is 156 Å². The fraction of sp³-hybridized carbons (Fsp3) is 0.764. The summed E-state index contributed by atoms with van der Waals surface area (Å²) in [6, 6.07) is -1.17. The van der Waals surface area contributed by atoms with E-state index < -0.39 is 83.9 Å². The van der Waals surface area contributed by atoms with Gasteiger partial charge in [0.15, 0.2) is 5.78 Å². The number of amides is 1. The van der Waals surface area contributed by atoms with E-state index >= 15 is 0 Å². The minimum absolute atomic E-state index is 0.00753. The lowest BCUT2D eigenvalue weighted by Crippen LogP contribution is -2.61. The second kappa shape index (κ2) is 29.4. The number of cyclic esters (lactones) is 1. The summed E-state index contributed by atoms with van der Waals surface area (Å²) in [5, 5.41) is 43.3. The number of hydrogen-bond acceptors (Lipinski definition) is 15. The molecule has 3 fully saturated rings. The van der Waals surface area contributed by atoms with Gasteiger partial charge in [-0.05, 0) is 113 Å². The lowest BCUT2D eigenvalue weighted by atomic mass is 9.78. The number of ketones is 3. The molecule has 0 aromatic carbocycles. The highest BCUT2D eigenvalue weighted by Crippen LogP contribution is 2.38. The SMILES string of the molecule is CO[C@@H]1C[C@H](C[C@@H](C)[C@@H]2CC(=O)[C@H](C)/C=C(\C)[C@@H](O)[C@@H](OC)C(=O)[C@H](C)C[C@H](C)/C=C/C=C/C=C(\C)[C@H](OCCOCCCO)C[C@@H]3CC[C@@H](C)[C@@](O)(O3)C(=O)C(=O)N3CCCC[C@H]3C(=O)O2)CC[C@H]1O. The van der Waals surface area contributed by atoms with E-state index in [1.165, 1.54) is 12.0 Å². The quantitative estimate of drug-likeness (QED) is 0.0768. The fourth-order valence-corrected chi connectivity index (χ4v) is 10.6. The highest BCUT2D eigenvalue weighted by atomic mass is 16.6. The molecule has 15 atom stereocenters. The Bertz CT molecular complexity index is 1860. The van der Waals surface area contributed by atoms with E-state index in [9.17, 15) is 39.3 Å². The number of aliphatic hydroxyl groups is 4. The number of esters is 1. The molecule has 4 rings (SSSR count). The van der Waals surface area contributed by atoms with Crippen LogP contribution in [0.3, 0.4) is 0 Å². The van der Waals surface area contributed by atoms with Gasteiger partial charge >= 0.3 is 5.97 Å². The number of rotatable bonds is 12. The van der Waals surface area contributed by atoms with E-state index in [-0.39, 0.29) is 81.1 Å². The van der Waals surface area contributed by atoms with E-state index in [1.807, 2.05) is 51.2 Å². The van der Waals surface area contributed by atoms with Crippen LogP contribution in [0.5, 0.6) is 0 Å². The Hall–Kier alpha value is -3.45. The van der Waals surface area contributed by atoms with Crippen molar-refractivity contribution >= 4 is 29.2 Å². The molecule has 16 heteroatoms. The molecule has 0 spiro atoms. The Morgan fingerprint density at radius 3 is 2.31 bits per heavy atom. The van der Waals surface area contributed by atoms with Crippen LogP contribution in [0.25, 0.3) is 0 Å². The van der Waals surface area contributed by atoms with Gasteiger partial charge in [0, 0.05) is 64.6 Å². The average molecular weight is 1000 g/mol. The number of nitrogens with zero attached hydrogens (tertiary/aromatic N) is 1. The van der Waals surface area contributed by atoms with Crippen LogP contribution in [0.2, 0.25) is 0 Å². The van der Waals surface area contributed by atoms with Gasteiger partial charge in [0.05, 0.1) is 37.6 Å². The van der Waals surface area contributed by atoms with Gasteiger partial charge in [-0.2, -0.15) is 0 Å². The first-order valence-corrected chi connectivity index (χ1v) is 26.2. The first kappa shape index (κ1) is 60.1. The molecule has 0 aromatic rings. The minimum Gasteiger partial charge on any atom is -0.460 e. The maximum absolute atomic E-state index is 14.5. The van der Waals surface area contributed by atoms with E-state index in [1.54, 1.807) is 40.9 Å². The molecule has 16 nitrogen and oxygen atoms in total. The molecule has 3 aliphatic heterocycles. The maximum Gasteiger partial charge on any atom is 0.329 e. The second-order valence-electron chi connectivity index (χ2n) is 20.9. The molecule has 0 radical (unpaired) electrons. The Morgan fingerprint density at radius 2 is 1.61 bits per heavy atom. The monoisotopic (exact) mass is 1000 g/mol. The third-order valence-electron chi connectivity index (χ3n) is 15.2. The largest absolute Gasteiger partial charge is 0.460 e. The number of aliphatic hydroxyl groups excluding tert-OH is 3. The van der Waals surface area contributed by atoms with Gasteiger partial charge in [-0.3, -0.25) is 19.2 Å². The highest BCUT2D eigenvalue weighted by Gasteiger charge is 2.53. The summed E-state index contributed by atoms with van der Waals surface area (Å²) in [6.45, 7) is 13.5. The van der Waals surface area contributed by atoms with Crippen molar-refractivity contribution in [3.8, 4) is 0 Å². The molecule has 0 unspecified atom stereocenters. The predicted molar refractivity (Wildman–Crippen MR) is 267 cm³/mol. The zero-order valence-electron chi connectivity index (χ0n) is 44.0. The summed E-state index contributed by atoms with van der Waals surface area (Å²) >= 11 is 0. The van der Waals surface area contributed by atoms with Crippen LogP contribution in [0.15, 0.2) is 47.6 Å². The normalized spacial score (nSPS) is 38.0. The van der Waals surface area contributed by atoms with Crippen LogP contribution < -0.4 is 0 Å². The summed E-state index contributed by atoms with van der Waals surface area (Å²) in [6.07, 6.45) is 11.0. The van der Waals surface area contributed by atoms with Gasteiger partial charge in [-0.15, -0.1) is 0 Å². The molecule has 4 aliphatic rings. The molecule has 402 valence electrons. The summed E-state index contributed by atoms with van der Waals surface area (Å²) in [5.74, 6) is -8.26. The molecule has 71 heavy (non-hydrogen) atoms. The number of piperidine rings is 1. The Morgan fingerprint density at radius 1 is 0.859 bits per heavy atom. The first-order valence-electron chi connectivity index (χ1n) is 26.2. The molecule has 1 amide bonds. The van der Waals surface area contributed by atoms with Gasteiger partial charge in [-0.25, -0.2) is 4.79 Å². The second-order valence-corrected chi connectivity index (χ2v) is 20.9. The van der Waals surface area contributed by atoms with E-state index in [0.717, 1.165) is 5.57 Å². The van der Waals surface area contributed by atoms with Crippen molar-refractivity contribution < 1.29 is 72.8 Å². The van der Waals surface area contributed by atoms with Crippen molar-refractivity contribution in [2.45, 2.75) is 186 Å². The number of carbonyl (C=O) groups is 5. The summed E-state index contributed by atoms with van der Waals surface area (Å²) in [4.78, 5) is 72.4. The molecule has 1 aliphatic carbocycles. The number of methoxy groups -OCH3 is 2. The zero-order valence-corrected chi connectivity index (χ0v) is 44.0. The minimum atomic E-state index is -2.48. The molecular weight excluding hydrogens is 915 g/mol. The van der Waals surface area contributed by atoms with E-state index in [0.29, 0.717) is 76.4 Å². The number of allylic oxidation sites excluding steroid dienone is 6. The molecule has 2 bridgehead atoms. The van der Waals surface area contributed by atoms with Gasteiger partial charge in [0.1, 0.15) is 30.1 Å². The number of Topliss-reactive ketones (excluding diaryl/α,β-unsaturated/α-hetero) is 3. The zero-order chi connectivity index (χ0) is 52.4. The fourth-order valence-electron chi connectivity index (χ4n) is 10.6. The molecule has 0 aromatic heterocycles. The lowest BCUT2D eigenvalue weighted by molar-refractivity contribution is -0.266. The predicted octanol–water partition coefficient (Wildman–Crippen LogP) is 5.95. The summed E-state index contributed by atoms with van der Waals surface area (Å²) in [7, 11) is 2.93. The lowest BCUT2D eigenvalue weighted by Gasteiger charge is -2.43. The van der Waals surface area contributed by atoms with Gasteiger partial charge in [0.2, 0.25) is 5.79 Å². The maximum atomic E-state index is 14.5. The number of ether oxygens (including phenoxy) is 6. The van der Waals surface area contributed by atoms with Crippen LogP contribution in [0.1, 0.15) is 132 Å². The van der Waals surface area contributed by atoms with Crippen LogP contribution in [-0.2, 0) is 52.4 Å². The van der Waals surface area contributed by atoms with Gasteiger partial charge in [-0.1, -0.05) is 71.1 Å². The highest BCUT2D eigenvalue weighted by molar-refractivity contribution is 6.39. The Kier molecular flexibility index (Phi) is 24.9. The van der Waals surface area contributed by atoms with Crippen molar-refractivity contribution in [2.75, 3.05) is 47.2 Å². The van der Waals surface area contributed by atoms with Crippen molar-refractivity contribution in [3.05, 3.63) is 47.6 Å². The number of fused-ring (bicyclic) bond motifs is 3. The molecule has 3 heterocycles. The molecule has 4 N–H and O–H groups in total. The average Bonchev–Trinajstić information content (AvgIpc) is 3.34. The Labute approximate surface area is 422 Å². The topological polar surface area (TPSA) is 225 Å². The first-order chi connectivity index (χ1) is 33.7. The van der Waals surface area contributed by atoms with E-state index in [4.69, 9.17) is 33.5 Å². The molecule has 2 saturated heterocycles. The molecule has 1 saturated carbocycles. The van der Waals surface area contributed by atoms with Crippen LogP contribution in [0.4, 0.5) is 0 Å². The standard InChI is InChI=1S/C55H87NO15/c1-34-16-11-10-12-17-35(2)46(69-27-26-68-25-15-24-57)32-42-21-19-40(7)55(65,71-42)52(62)53(63)56-23-14-13-18-43(56)54(64)70-47(37(4)30-41-20-22-44(58)48(31-41)66-8)33-45(59)36(3)29-39(6)50(61)51(67-9)49(60)38(5)28-34/h10-12,16-17,29,34,36-38,40-44,46-48,50-51,57-58,61,65H,13-15,18-28,30-33H2,1-9H3/b12-10+,16-11+,35-17+,39-29+/t34-,36-,37-,38-,40-,41+,42+,43+,44-,46-,47+,48-,50-,51+,55-/m1/s1. The number of hydrogen-bond donors (Lipinski definition) is 4. The van der Waals surface area contributed by atoms with Crippen molar-refractivity contribution in [1.29, 1.82) is 0 Å². The van der Waals surface area contributed by atoms with E-state index in [2.05, 4.69) is 0 Å². The third kappa shape index (κ3) is 17.3. The Balaban J connectivity index is 1.71. The van der Waals surface area contributed by atoms with Crippen LogP contribution in [0, 0.1) is 35.5 Å². The smallest absolute Gasteiger partial charge is 0.329 e. The number of carbonyl (C=O) groups excluding carboxylic acids is 5.